The van der Waals surface area contributed by atoms with Crippen molar-refractivity contribution in [2.24, 2.45) is 0 Å². The van der Waals surface area contributed by atoms with Gasteiger partial charge in [-0.1, -0.05) is 0 Å². The van der Waals surface area contributed by atoms with Gasteiger partial charge in [0.05, 0.1) is 5.56 Å². The summed E-state index contributed by atoms with van der Waals surface area (Å²) in [4.78, 5) is 10.8. The monoisotopic (exact) mass is 232 g/mol. The number of benzene rings is 1. The molecule has 1 aromatic carbocycles. The molecule has 0 aliphatic carbocycles. The largest absolute Gasteiger partial charge is 0.508 e. The molecule has 0 aromatic heterocycles. The van der Waals surface area contributed by atoms with E-state index in [0.717, 1.165) is 6.07 Å². The minimum atomic E-state index is -0.714. The maximum Gasteiger partial charge on any atom is 0.163 e. The van der Waals surface area contributed by atoms with Crippen LogP contribution in [0.25, 0.3) is 0 Å². The average molecular weight is 233 g/mol. The van der Waals surface area contributed by atoms with Gasteiger partial charge < -0.3 is 5.11 Å². The fourth-order valence-electron chi connectivity index (χ4n) is 0.896. The number of ketones is 1. The van der Waals surface area contributed by atoms with E-state index in [2.05, 4.69) is 15.9 Å². The maximum atomic E-state index is 13.0. The predicted molar refractivity (Wildman–Crippen MR) is 45.8 cm³/mol. The molecule has 0 unspecified atom stereocenters. The summed E-state index contributed by atoms with van der Waals surface area (Å²) in [5.41, 5.74) is -0.0344. The van der Waals surface area contributed by atoms with Gasteiger partial charge in [0.15, 0.2) is 5.78 Å². The third-order valence-corrected chi connectivity index (χ3v) is 2.00. The molecule has 0 spiro atoms. The van der Waals surface area contributed by atoms with Crippen molar-refractivity contribution in [1.29, 1.82) is 0 Å². The lowest BCUT2D eigenvalue weighted by Gasteiger charge is -2.02. The molecule has 0 fully saturated rings. The highest BCUT2D eigenvalue weighted by Crippen LogP contribution is 2.25. The molecule has 2 nitrogen and oxygen atoms in total. The number of hydrogen-bond acceptors (Lipinski definition) is 2. The molecule has 0 radical (unpaired) electrons. The van der Waals surface area contributed by atoms with Crippen LogP contribution in [0.5, 0.6) is 5.75 Å². The zero-order chi connectivity index (χ0) is 9.30. The number of halogens is 2. The Bertz CT molecular complexity index is 313. The molecular weight excluding hydrogens is 227 g/mol. The van der Waals surface area contributed by atoms with Crippen LogP contribution >= 0.6 is 15.9 Å². The zero-order valence-corrected chi connectivity index (χ0v) is 7.85. The van der Waals surface area contributed by atoms with E-state index in [-0.39, 0.29) is 21.6 Å². The number of Topliss-reactive ketones (excluding diaryl/α,β-unsaturated/α-hetero) is 1. The number of hydrogen-bond donors (Lipinski definition) is 1. The molecule has 0 saturated carbocycles. The molecular formula is C8H6BrFO2. The van der Waals surface area contributed by atoms with Crippen molar-refractivity contribution in [1.82, 2.24) is 0 Å². The Morgan fingerprint density at radius 2 is 2.17 bits per heavy atom. The van der Waals surface area contributed by atoms with Gasteiger partial charge in [0.2, 0.25) is 0 Å². The van der Waals surface area contributed by atoms with Gasteiger partial charge in [-0.3, -0.25) is 4.79 Å². The first-order valence-corrected chi connectivity index (χ1v) is 4.00. The molecule has 0 amide bonds. The lowest BCUT2D eigenvalue weighted by molar-refractivity contribution is 0.101. The predicted octanol–water partition coefficient (Wildman–Crippen LogP) is 2.50. The van der Waals surface area contributed by atoms with Gasteiger partial charge in [0, 0.05) is 10.5 Å². The van der Waals surface area contributed by atoms with E-state index >= 15 is 0 Å². The van der Waals surface area contributed by atoms with Crippen LogP contribution in [0.1, 0.15) is 17.3 Å². The van der Waals surface area contributed by atoms with E-state index in [9.17, 15) is 9.18 Å². The van der Waals surface area contributed by atoms with Gasteiger partial charge in [0.25, 0.3) is 0 Å². The second-order valence-electron chi connectivity index (χ2n) is 2.34. The summed E-state index contributed by atoms with van der Waals surface area (Å²) < 4.78 is 13.2. The van der Waals surface area contributed by atoms with Gasteiger partial charge in [-0.2, -0.15) is 0 Å². The lowest BCUT2D eigenvalue weighted by atomic mass is 10.1. The van der Waals surface area contributed by atoms with Crippen LogP contribution in [0.3, 0.4) is 0 Å². The van der Waals surface area contributed by atoms with Crippen LogP contribution in [0.15, 0.2) is 16.6 Å². The summed E-state index contributed by atoms with van der Waals surface area (Å²) in [6, 6.07) is 2.18. The third-order valence-electron chi connectivity index (χ3n) is 1.38. The van der Waals surface area contributed by atoms with Crippen molar-refractivity contribution in [2.75, 3.05) is 0 Å². The Balaban J connectivity index is 3.38. The Morgan fingerprint density at radius 1 is 1.58 bits per heavy atom. The van der Waals surface area contributed by atoms with Crippen molar-refractivity contribution in [3.63, 3.8) is 0 Å². The molecule has 0 aliphatic heterocycles. The number of carbonyl (C=O) groups excluding carboxylic acids is 1. The summed E-state index contributed by atoms with van der Waals surface area (Å²) in [6.45, 7) is 1.26. The number of rotatable bonds is 1. The minimum absolute atomic E-state index is 0.0344. The highest BCUT2D eigenvalue weighted by atomic mass is 79.9. The first-order chi connectivity index (χ1) is 5.52. The van der Waals surface area contributed by atoms with Crippen molar-refractivity contribution in [3.8, 4) is 5.75 Å². The second-order valence-corrected chi connectivity index (χ2v) is 3.19. The molecule has 1 aromatic rings. The quantitative estimate of drug-likeness (QED) is 0.756. The fourth-order valence-corrected chi connectivity index (χ4v) is 1.60. The Kier molecular flexibility index (Phi) is 2.47. The van der Waals surface area contributed by atoms with Crippen LogP contribution in [-0.2, 0) is 0 Å². The average Bonchev–Trinajstić information content (AvgIpc) is 1.82. The Morgan fingerprint density at radius 3 is 2.58 bits per heavy atom. The Labute approximate surface area is 77.2 Å². The van der Waals surface area contributed by atoms with Crippen molar-refractivity contribution in [3.05, 3.63) is 28.0 Å². The van der Waals surface area contributed by atoms with E-state index < -0.39 is 5.82 Å². The summed E-state index contributed by atoms with van der Waals surface area (Å²) in [6.07, 6.45) is 0. The highest BCUT2D eigenvalue weighted by molar-refractivity contribution is 9.10. The zero-order valence-electron chi connectivity index (χ0n) is 6.27. The van der Waals surface area contributed by atoms with Gasteiger partial charge in [-0.25, -0.2) is 4.39 Å². The summed E-state index contributed by atoms with van der Waals surface area (Å²) >= 11 is 2.98. The lowest BCUT2D eigenvalue weighted by Crippen LogP contribution is -1.97. The van der Waals surface area contributed by atoms with Crippen molar-refractivity contribution >= 4 is 21.7 Å². The van der Waals surface area contributed by atoms with E-state index in [4.69, 9.17) is 5.11 Å². The summed E-state index contributed by atoms with van der Waals surface area (Å²) in [7, 11) is 0. The van der Waals surface area contributed by atoms with Gasteiger partial charge in [-0.05, 0) is 28.9 Å². The molecule has 0 aliphatic rings. The molecule has 0 heterocycles. The first-order valence-electron chi connectivity index (χ1n) is 3.21. The summed E-state index contributed by atoms with van der Waals surface area (Å²) in [5, 5.41) is 8.92. The highest BCUT2D eigenvalue weighted by Gasteiger charge is 2.12. The minimum Gasteiger partial charge on any atom is -0.508 e. The molecule has 64 valence electrons. The molecule has 4 heteroatoms. The number of phenols is 1. The maximum absolute atomic E-state index is 13.0. The number of aromatic hydroxyl groups is 1. The van der Waals surface area contributed by atoms with E-state index in [1.807, 2.05) is 0 Å². The molecule has 0 atom stereocenters. The number of carbonyl (C=O) groups is 1. The van der Waals surface area contributed by atoms with Crippen LogP contribution in [0.2, 0.25) is 0 Å². The van der Waals surface area contributed by atoms with Crippen LogP contribution in [0, 0.1) is 5.82 Å². The van der Waals surface area contributed by atoms with Crippen LogP contribution in [-0.4, -0.2) is 10.9 Å². The van der Waals surface area contributed by atoms with Gasteiger partial charge in [-0.15, -0.1) is 0 Å². The van der Waals surface area contributed by atoms with E-state index in [1.54, 1.807) is 0 Å². The Hall–Kier alpha value is -0.900. The van der Waals surface area contributed by atoms with Crippen molar-refractivity contribution < 1.29 is 14.3 Å². The van der Waals surface area contributed by atoms with Gasteiger partial charge >= 0.3 is 0 Å². The SMILES string of the molecule is CC(=O)c1c(F)cc(O)cc1Br. The van der Waals surface area contributed by atoms with Gasteiger partial charge in [0.1, 0.15) is 11.6 Å². The molecule has 1 rings (SSSR count). The van der Waals surface area contributed by atoms with E-state index in [1.165, 1.54) is 13.0 Å². The molecule has 0 bridgehead atoms. The fraction of sp³-hybridized carbons (Fsp3) is 0.125. The van der Waals surface area contributed by atoms with E-state index in [0.29, 0.717) is 0 Å². The van der Waals surface area contributed by atoms with Crippen LogP contribution in [0.4, 0.5) is 4.39 Å². The normalized spacial score (nSPS) is 9.92. The topological polar surface area (TPSA) is 37.3 Å². The molecule has 12 heavy (non-hydrogen) atoms. The summed E-state index contributed by atoms with van der Waals surface area (Å²) in [5.74, 6) is -1.29. The standard InChI is InChI=1S/C8H6BrFO2/c1-4(11)8-6(9)2-5(12)3-7(8)10/h2-3,12H,1H3. The second kappa shape index (κ2) is 3.23. The smallest absolute Gasteiger partial charge is 0.163 e. The number of phenolic OH excluding ortho intramolecular Hbond substituents is 1. The van der Waals surface area contributed by atoms with Crippen LogP contribution < -0.4 is 0 Å². The van der Waals surface area contributed by atoms with Crippen molar-refractivity contribution in [2.45, 2.75) is 6.92 Å². The molecule has 0 saturated heterocycles. The first kappa shape index (κ1) is 9.19. The third kappa shape index (κ3) is 1.64. The molecule has 1 N–H and O–H groups in total.